The molecule has 0 aliphatic carbocycles. The van der Waals surface area contributed by atoms with Crippen LogP contribution in [-0.2, 0) is 4.79 Å². The lowest BCUT2D eigenvalue weighted by atomic mass is 10.2. The number of nitrogens with zero attached hydrogens (tertiary/aromatic N) is 1. The van der Waals surface area contributed by atoms with Crippen LogP contribution >= 0.6 is 23.2 Å². The maximum Gasteiger partial charge on any atom is 0.253 e. The van der Waals surface area contributed by atoms with Crippen LogP contribution in [0, 0.1) is 0 Å². The zero-order chi connectivity index (χ0) is 16.9. The van der Waals surface area contributed by atoms with Crippen LogP contribution in [0.3, 0.4) is 0 Å². The van der Waals surface area contributed by atoms with Crippen LogP contribution in [0.25, 0.3) is 0 Å². The molecule has 0 fully saturated rings. The van der Waals surface area contributed by atoms with Gasteiger partial charge in [-0.2, -0.15) is 0 Å². The summed E-state index contributed by atoms with van der Waals surface area (Å²) in [6, 6.07) is 4.32. The Balaban J connectivity index is 2.60. The first-order valence-electron chi connectivity index (χ1n) is 6.93. The van der Waals surface area contributed by atoms with Gasteiger partial charge in [0.15, 0.2) is 0 Å². The second-order valence-electron chi connectivity index (χ2n) is 5.35. The molecule has 22 heavy (non-hydrogen) atoms. The molecule has 2 N–H and O–H groups in total. The predicted octanol–water partition coefficient (Wildman–Crippen LogP) is 2.18. The molecule has 1 aromatic carbocycles. The zero-order valence-electron chi connectivity index (χ0n) is 13.1. The normalized spacial score (nSPS) is 13.6. The molecule has 0 aliphatic heterocycles. The number of hydrogen-bond donors (Lipinski definition) is 2. The lowest BCUT2D eigenvalue weighted by molar-refractivity contribution is -0.122. The van der Waals surface area contributed by atoms with Gasteiger partial charge in [0.2, 0.25) is 5.91 Å². The van der Waals surface area contributed by atoms with E-state index in [1.165, 1.54) is 0 Å². The van der Waals surface area contributed by atoms with Crippen molar-refractivity contribution < 1.29 is 9.59 Å². The van der Waals surface area contributed by atoms with Crippen LogP contribution in [0.1, 0.15) is 24.2 Å². The Hall–Kier alpha value is -1.30. The van der Waals surface area contributed by atoms with E-state index in [1.807, 2.05) is 25.9 Å². The van der Waals surface area contributed by atoms with Crippen LogP contribution in [0.5, 0.6) is 0 Å². The number of carbonyl (C=O) groups excluding carboxylic acids is 2. The predicted molar refractivity (Wildman–Crippen MR) is 89.5 cm³/mol. The van der Waals surface area contributed by atoms with Crippen LogP contribution < -0.4 is 10.6 Å². The van der Waals surface area contributed by atoms with Gasteiger partial charge in [0.05, 0.1) is 15.6 Å². The van der Waals surface area contributed by atoms with Crippen molar-refractivity contribution in [3.63, 3.8) is 0 Å². The Morgan fingerprint density at radius 1 is 1.23 bits per heavy atom. The van der Waals surface area contributed by atoms with E-state index in [-0.39, 0.29) is 22.5 Å². The number of likely N-dealkylation sites (N-methyl/N-ethyl adjacent to an activating group) is 1. The van der Waals surface area contributed by atoms with E-state index in [0.29, 0.717) is 11.6 Å². The topological polar surface area (TPSA) is 61.4 Å². The van der Waals surface area contributed by atoms with E-state index in [9.17, 15) is 9.59 Å². The molecular formula is C15H21Cl2N3O2. The van der Waals surface area contributed by atoms with E-state index in [1.54, 1.807) is 25.1 Å². The minimum absolute atomic E-state index is 0.176. The molecule has 0 saturated heterocycles. The van der Waals surface area contributed by atoms with Crippen LogP contribution in [-0.4, -0.2) is 49.4 Å². The van der Waals surface area contributed by atoms with Crippen molar-refractivity contribution >= 4 is 35.0 Å². The quantitative estimate of drug-likeness (QED) is 0.830. The summed E-state index contributed by atoms with van der Waals surface area (Å²) >= 11 is 11.9. The summed E-state index contributed by atoms with van der Waals surface area (Å²) in [5.74, 6) is -0.684. The molecular weight excluding hydrogens is 325 g/mol. The van der Waals surface area contributed by atoms with Crippen LogP contribution in [0.15, 0.2) is 18.2 Å². The van der Waals surface area contributed by atoms with Crippen molar-refractivity contribution in [2.75, 3.05) is 20.6 Å². The van der Waals surface area contributed by atoms with Crippen molar-refractivity contribution in [1.29, 1.82) is 0 Å². The maximum atomic E-state index is 12.1. The molecule has 2 atom stereocenters. The van der Waals surface area contributed by atoms with Gasteiger partial charge in [-0.1, -0.05) is 29.3 Å². The van der Waals surface area contributed by atoms with Crippen LogP contribution in [0.2, 0.25) is 10.0 Å². The largest absolute Gasteiger partial charge is 0.353 e. The van der Waals surface area contributed by atoms with E-state index < -0.39 is 11.9 Å². The standard InChI is InChI=1S/C15H21Cl2N3O2/c1-9(20(3)4)8-18-14(21)10(2)19-15(22)11-6-5-7-12(16)13(11)17/h5-7,9-10H,8H2,1-4H3,(H,18,21)(H,19,22). The average molecular weight is 346 g/mol. The fourth-order valence-electron chi connectivity index (χ4n) is 1.60. The molecule has 0 aliphatic rings. The van der Waals surface area contributed by atoms with E-state index >= 15 is 0 Å². The fraction of sp³-hybridized carbons (Fsp3) is 0.467. The van der Waals surface area contributed by atoms with Crippen LogP contribution in [0.4, 0.5) is 0 Å². The number of rotatable bonds is 6. The molecule has 0 spiro atoms. The molecule has 0 saturated carbocycles. The van der Waals surface area contributed by atoms with E-state index in [4.69, 9.17) is 23.2 Å². The summed E-state index contributed by atoms with van der Waals surface area (Å²) in [7, 11) is 3.87. The second kappa shape index (κ2) is 8.36. The summed E-state index contributed by atoms with van der Waals surface area (Å²) < 4.78 is 0. The number of hydrogen-bond acceptors (Lipinski definition) is 3. The molecule has 5 nitrogen and oxygen atoms in total. The number of nitrogens with one attached hydrogen (secondary N) is 2. The van der Waals surface area contributed by atoms with Crippen molar-refractivity contribution in [3.05, 3.63) is 33.8 Å². The number of carbonyl (C=O) groups is 2. The van der Waals surface area contributed by atoms with Gasteiger partial charge >= 0.3 is 0 Å². The Morgan fingerprint density at radius 2 is 1.86 bits per heavy atom. The molecule has 2 amide bonds. The molecule has 0 bridgehead atoms. The maximum absolute atomic E-state index is 12.1. The molecule has 0 heterocycles. The van der Waals surface area contributed by atoms with Gasteiger partial charge < -0.3 is 15.5 Å². The molecule has 122 valence electrons. The number of benzene rings is 1. The highest BCUT2D eigenvalue weighted by atomic mass is 35.5. The highest BCUT2D eigenvalue weighted by Gasteiger charge is 2.19. The summed E-state index contributed by atoms with van der Waals surface area (Å²) in [6.07, 6.45) is 0. The molecule has 2 unspecified atom stereocenters. The van der Waals surface area contributed by atoms with Crippen molar-refractivity contribution in [2.45, 2.75) is 25.9 Å². The van der Waals surface area contributed by atoms with Gasteiger partial charge in [-0.05, 0) is 40.1 Å². The first-order chi connectivity index (χ1) is 10.2. The summed E-state index contributed by atoms with van der Waals surface area (Å²) in [6.45, 7) is 4.12. The Labute approximate surface area is 141 Å². The van der Waals surface area contributed by atoms with Gasteiger partial charge in [-0.3, -0.25) is 9.59 Å². The summed E-state index contributed by atoms with van der Waals surface area (Å²) in [5.41, 5.74) is 0.246. The van der Waals surface area contributed by atoms with Gasteiger partial charge in [-0.25, -0.2) is 0 Å². The summed E-state index contributed by atoms with van der Waals surface area (Å²) in [4.78, 5) is 26.1. The van der Waals surface area contributed by atoms with Crippen molar-refractivity contribution in [2.24, 2.45) is 0 Å². The average Bonchev–Trinajstić information content (AvgIpc) is 2.46. The van der Waals surface area contributed by atoms with Gasteiger partial charge in [-0.15, -0.1) is 0 Å². The minimum atomic E-state index is -0.670. The Kier molecular flexibility index (Phi) is 7.13. The molecule has 0 aromatic heterocycles. The zero-order valence-corrected chi connectivity index (χ0v) is 14.6. The molecule has 1 rings (SSSR count). The first-order valence-corrected chi connectivity index (χ1v) is 7.68. The smallest absolute Gasteiger partial charge is 0.253 e. The lowest BCUT2D eigenvalue weighted by Crippen LogP contribution is -2.48. The minimum Gasteiger partial charge on any atom is -0.353 e. The highest BCUT2D eigenvalue weighted by molar-refractivity contribution is 6.43. The molecule has 0 radical (unpaired) electrons. The second-order valence-corrected chi connectivity index (χ2v) is 6.14. The monoisotopic (exact) mass is 345 g/mol. The summed E-state index contributed by atoms with van der Waals surface area (Å²) in [5, 5.41) is 5.88. The third kappa shape index (κ3) is 5.16. The fourth-order valence-corrected chi connectivity index (χ4v) is 1.99. The first kappa shape index (κ1) is 18.7. The van der Waals surface area contributed by atoms with E-state index in [2.05, 4.69) is 10.6 Å². The SMILES string of the molecule is CC(NC(=O)c1cccc(Cl)c1Cl)C(=O)NCC(C)N(C)C. The van der Waals surface area contributed by atoms with Crippen molar-refractivity contribution in [3.8, 4) is 0 Å². The van der Waals surface area contributed by atoms with Gasteiger partial charge in [0.25, 0.3) is 5.91 Å². The number of halogens is 2. The van der Waals surface area contributed by atoms with E-state index in [0.717, 1.165) is 0 Å². The number of amides is 2. The lowest BCUT2D eigenvalue weighted by Gasteiger charge is -2.21. The third-order valence-corrected chi connectivity index (χ3v) is 4.21. The van der Waals surface area contributed by atoms with Gasteiger partial charge in [0, 0.05) is 12.6 Å². The Morgan fingerprint density at radius 3 is 2.45 bits per heavy atom. The molecule has 1 aromatic rings. The highest BCUT2D eigenvalue weighted by Crippen LogP contribution is 2.25. The third-order valence-electron chi connectivity index (χ3n) is 3.39. The Bertz CT molecular complexity index is 550. The van der Waals surface area contributed by atoms with Gasteiger partial charge in [0.1, 0.15) is 6.04 Å². The molecule has 7 heteroatoms. The van der Waals surface area contributed by atoms with Crippen molar-refractivity contribution in [1.82, 2.24) is 15.5 Å².